The van der Waals surface area contributed by atoms with Crippen molar-refractivity contribution in [3.8, 4) is 11.4 Å². The van der Waals surface area contributed by atoms with E-state index in [4.69, 9.17) is 9.05 Å². The van der Waals surface area contributed by atoms with E-state index in [1.54, 1.807) is 11.0 Å². The summed E-state index contributed by atoms with van der Waals surface area (Å²) in [4.78, 5) is 19.1. The highest BCUT2D eigenvalue weighted by Crippen LogP contribution is 2.28. The molecular formula is C20H22N4O3. The molecule has 27 heavy (non-hydrogen) atoms. The maximum absolute atomic E-state index is 12.8. The average molecular weight is 366 g/mol. The number of benzene rings is 1. The smallest absolute Gasteiger partial charge is 0.276 e. The number of carbonyl (C=O) groups excluding carboxylic acids is 1. The van der Waals surface area contributed by atoms with Gasteiger partial charge < -0.3 is 13.9 Å². The van der Waals surface area contributed by atoms with Crippen LogP contribution in [-0.2, 0) is 0 Å². The summed E-state index contributed by atoms with van der Waals surface area (Å²) in [6.45, 7) is 5.25. The number of hydrogen-bond acceptors (Lipinski definition) is 6. The third kappa shape index (κ3) is 3.63. The van der Waals surface area contributed by atoms with Crippen molar-refractivity contribution in [3.63, 3.8) is 0 Å². The van der Waals surface area contributed by atoms with Gasteiger partial charge in [0, 0.05) is 30.6 Å². The first kappa shape index (κ1) is 17.5. The number of hydrogen-bond donors (Lipinski definition) is 0. The van der Waals surface area contributed by atoms with E-state index in [0.29, 0.717) is 30.5 Å². The van der Waals surface area contributed by atoms with Gasteiger partial charge in [0.05, 0.1) is 5.92 Å². The minimum Gasteiger partial charge on any atom is -0.360 e. The Labute approximate surface area is 157 Å². The summed E-state index contributed by atoms with van der Waals surface area (Å²) >= 11 is 0. The zero-order chi connectivity index (χ0) is 18.8. The Hall–Kier alpha value is -2.96. The molecule has 1 atom stereocenters. The summed E-state index contributed by atoms with van der Waals surface area (Å²) < 4.78 is 10.8. The SMILES string of the molecule is CC(C)c1cc(C(=O)N2CCCC(c3nc(-c4ccccc4)no3)C2)no1. The highest BCUT2D eigenvalue weighted by atomic mass is 16.5. The Bertz CT molecular complexity index is 916. The zero-order valence-electron chi connectivity index (χ0n) is 15.5. The number of amides is 1. The van der Waals surface area contributed by atoms with E-state index in [1.807, 2.05) is 44.2 Å². The second-order valence-corrected chi connectivity index (χ2v) is 7.18. The summed E-state index contributed by atoms with van der Waals surface area (Å²) in [5.74, 6) is 1.99. The largest absolute Gasteiger partial charge is 0.360 e. The third-order valence-corrected chi connectivity index (χ3v) is 4.85. The Kier molecular flexibility index (Phi) is 4.75. The molecule has 7 heteroatoms. The van der Waals surface area contributed by atoms with Crippen molar-refractivity contribution in [2.45, 2.75) is 38.5 Å². The maximum Gasteiger partial charge on any atom is 0.276 e. The van der Waals surface area contributed by atoms with E-state index in [0.717, 1.165) is 24.2 Å². The lowest BCUT2D eigenvalue weighted by atomic mass is 9.97. The van der Waals surface area contributed by atoms with Crippen LogP contribution >= 0.6 is 0 Å². The molecule has 1 amide bonds. The van der Waals surface area contributed by atoms with Gasteiger partial charge in [0.2, 0.25) is 11.7 Å². The topological polar surface area (TPSA) is 85.3 Å². The van der Waals surface area contributed by atoms with E-state index in [-0.39, 0.29) is 17.7 Å². The number of likely N-dealkylation sites (tertiary alicyclic amines) is 1. The Morgan fingerprint density at radius 3 is 2.74 bits per heavy atom. The summed E-state index contributed by atoms with van der Waals surface area (Å²) in [6, 6.07) is 11.5. The van der Waals surface area contributed by atoms with Crippen molar-refractivity contribution in [2.75, 3.05) is 13.1 Å². The summed E-state index contributed by atoms with van der Waals surface area (Å²) in [5, 5.41) is 8.03. The molecule has 4 rings (SSSR count). The van der Waals surface area contributed by atoms with Crippen LogP contribution in [0.2, 0.25) is 0 Å². The molecular weight excluding hydrogens is 344 g/mol. The number of rotatable bonds is 4. The van der Waals surface area contributed by atoms with Gasteiger partial charge in [0.15, 0.2) is 5.69 Å². The summed E-state index contributed by atoms with van der Waals surface area (Å²) in [6.07, 6.45) is 1.80. The van der Waals surface area contributed by atoms with Crippen LogP contribution in [-0.4, -0.2) is 39.2 Å². The van der Waals surface area contributed by atoms with Gasteiger partial charge in [-0.1, -0.05) is 54.5 Å². The Balaban J connectivity index is 1.48. The molecule has 3 heterocycles. The molecule has 1 fully saturated rings. The van der Waals surface area contributed by atoms with Crippen LogP contribution in [0.1, 0.15) is 60.7 Å². The molecule has 3 aromatic rings. The molecule has 1 unspecified atom stereocenters. The predicted molar refractivity (Wildman–Crippen MR) is 98.2 cm³/mol. The molecule has 1 aliphatic heterocycles. The second kappa shape index (κ2) is 7.34. The normalized spacial score (nSPS) is 17.4. The molecule has 1 saturated heterocycles. The van der Waals surface area contributed by atoms with Gasteiger partial charge in [0.1, 0.15) is 5.76 Å². The lowest BCUT2D eigenvalue weighted by Crippen LogP contribution is -2.39. The Morgan fingerprint density at radius 1 is 1.19 bits per heavy atom. The molecule has 1 aliphatic rings. The molecule has 140 valence electrons. The van der Waals surface area contributed by atoms with Crippen molar-refractivity contribution >= 4 is 5.91 Å². The molecule has 0 saturated carbocycles. The molecule has 0 aliphatic carbocycles. The molecule has 0 radical (unpaired) electrons. The van der Waals surface area contributed by atoms with Crippen molar-refractivity contribution in [1.82, 2.24) is 20.2 Å². The highest BCUT2D eigenvalue weighted by molar-refractivity contribution is 5.92. The molecule has 0 N–H and O–H groups in total. The Morgan fingerprint density at radius 2 is 2.00 bits per heavy atom. The molecule has 1 aromatic carbocycles. The van der Waals surface area contributed by atoms with E-state index in [2.05, 4.69) is 15.3 Å². The van der Waals surface area contributed by atoms with Crippen molar-refractivity contribution in [3.05, 3.63) is 53.7 Å². The standard InChI is InChI=1S/C20H22N4O3/c1-13(2)17-11-16(22-26-17)20(25)24-10-6-9-15(12-24)19-21-18(23-27-19)14-7-4-3-5-8-14/h3-5,7-8,11,13,15H,6,9-10,12H2,1-2H3. The number of piperidine rings is 1. The molecule has 0 bridgehead atoms. The second-order valence-electron chi connectivity index (χ2n) is 7.18. The van der Waals surface area contributed by atoms with Gasteiger partial charge in [-0.2, -0.15) is 4.98 Å². The van der Waals surface area contributed by atoms with Crippen LogP contribution in [0, 0.1) is 0 Å². The van der Waals surface area contributed by atoms with Crippen molar-refractivity contribution in [1.29, 1.82) is 0 Å². The van der Waals surface area contributed by atoms with Crippen LogP contribution in [0.4, 0.5) is 0 Å². The predicted octanol–water partition coefficient (Wildman–Crippen LogP) is 3.87. The lowest BCUT2D eigenvalue weighted by molar-refractivity contribution is 0.0685. The van der Waals surface area contributed by atoms with E-state index in [9.17, 15) is 4.79 Å². The number of carbonyl (C=O) groups is 1. The third-order valence-electron chi connectivity index (χ3n) is 4.85. The van der Waals surface area contributed by atoms with Crippen LogP contribution in [0.15, 0.2) is 45.4 Å². The van der Waals surface area contributed by atoms with Gasteiger partial charge in [-0.05, 0) is 12.8 Å². The van der Waals surface area contributed by atoms with Crippen molar-refractivity contribution < 1.29 is 13.8 Å². The minimum absolute atomic E-state index is 0.0316. The van der Waals surface area contributed by atoms with Crippen LogP contribution < -0.4 is 0 Å². The molecule has 7 nitrogen and oxygen atoms in total. The molecule has 0 spiro atoms. The molecule has 2 aromatic heterocycles. The van der Waals surface area contributed by atoms with E-state index >= 15 is 0 Å². The first-order valence-electron chi connectivity index (χ1n) is 9.26. The fraction of sp³-hybridized carbons (Fsp3) is 0.400. The van der Waals surface area contributed by atoms with Crippen LogP contribution in [0.5, 0.6) is 0 Å². The fourth-order valence-corrected chi connectivity index (χ4v) is 3.29. The van der Waals surface area contributed by atoms with E-state index < -0.39 is 0 Å². The summed E-state index contributed by atoms with van der Waals surface area (Å²) in [5.41, 5.74) is 1.27. The monoisotopic (exact) mass is 366 g/mol. The number of nitrogens with zero attached hydrogens (tertiary/aromatic N) is 4. The highest BCUT2D eigenvalue weighted by Gasteiger charge is 2.30. The van der Waals surface area contributed by atoms with E-state index in [1.165, 1.54) is 0 Å². The lowest BCUT2D eigenvalue weighted by Gasteiger charge is -2.30. The van der Waals surface area contributed by atoms with Gasteiger partial charge in [-0.15, -0.1) is 0 Å². The first-order chi connectivity index (χ1) is 13.1. The number of aromatic nitrogens is 3. The minimum atomic E-state index is -0.113. The van der Waals surface area contributed by atoms with Crippen LogP contribution in [0.3, 0.4) is 0 Å². The summed E-state index contributed by atoms with van der Waals surface area (Å²) in [7, 11) is 0. The van der Waals surface area contributed by atoms with Crippen molar-refractivity contribution in [2.24, 2.45) is 0 Å². The van der Waals surface area contributed by atoms with Gasteiger partial charge >= 0.3 is 0 Å². The van der Waals surface area contributed by atoms with Crippen LogP contribution in [0.25, 0.3) is 11.4 Å². The fourth-order valence-electron chi connectivity index (χ4n) is 3.29. The first-order valence-corrected chi connectivity index (χ1v) is 9.26. The van der Waals surface area contributed by atoms with Gasteiger partial charge in [0.25, 0.3) is 5.91 Å². The average Bonchev–Trinajstić information content (AvgIpc) is 3.38. The van der Waals surface area contributed by atoms with Gasteiger partial charge in [-0.3, -0.25) is 4.79 Å². The van der Waals surface area contributed by atoms with Gasteiger partial charge in [-0.25, -0.2) is 0 Å². The maximum atomic E-state index is 12.8. The zero-order valence-corrected chi connectivity index (χ0v) is 15.5. The quantitative estimate of drug-likeness (QED) is 0.697.